The van der Waals surface area contributed by atoms with Gasteiger partial charge in [-0.2, -0.15) is 0 Å². The molecule has 2 amide bonds. The van der Waals surface area contributed by atoms with Gasteiger partial charge in [0.15, 0.2) is 0 Å². The zero-order valence-corrected chi connectivity index (χ0v) is 16.8. The molecule has 0 radical (unpaired) electrons. The third kappa shape index (κ3) is 3.39. The fourth-order valence-electron chi connectivity index (χ4n) is 3.30. The topological polar surface area (TPSA) is 49.4 Å². The fourth-order valence-corrected chi connectivity index (χ4v) is 3.30. The Morgan fingerprint density at radius 3 is 2.11 bits per heavy atom. The quantitative estimate of drug-likeness (QED) is 0.814. The number of anilines is 1. The van der Waals surface area contributed by atoms with E-state index in [9.17, 15) is 9.59 Å². The largest absolute Gasteiger partial charge is 0.350 e. The van der Waals surface area contributed by atoms with Crippen LogP contribution < -0.4 is 5.32 Å². The first-order valence-corrected chi connectivity index (χ1v) is 9.24. The van der Waals surface area contributed by atoms with Crippen molar-refractivity contribution in [2.75, 3.05) is 5.32 Å². The molecule has 0 spiro atoms. The molecule has 3 rings (SSSR count). The first-order valence-electron chi connectivity index (χ1n) is 9.24. The van der Waals surface area contributed by atoms with Crippen molar-refractivity contribution in [2.45, 2.75) is 47.6 Å². The summed E-state index contributed by atoms with van der Waals surface area (Å²) in [6.45, 7) is 11.7. The lowest BCUT2D eigenvalue weighted by Crippen LogP contribution is -2.38. The van der Waals surface area contributed by atoms with Crippen LogP contribution in [0.3, 0.4) is 0 Å². The lowest BCUT2D eigenvalue weighted by molar-refractivity contribution is -0.138. The van der Waals surface area contributed by atoms with Crippen LogP contribution in [0.2, 0.25) is 0 Å². The van der Waals surface area contributed by atoms with Crippen molar-refractivity contribution in [3.05, 3.63) is 69.9 Å². The van der Waals surface area contributed by atoms with Crippen LogP contribution in [0.15, 0.2) is 42.1 Å². The van der Waals surface area contributed by atoms with Crippen molar-refractivity contribution in [1.82, 2.24) is 4.90 Å². The number of nitrogens with zero attached hydrogens (tertiary/aromatic N) is 1. The third-order valence-electron chi connectivity index (χ3n) is 5.08. The van der Waals surface area contributed by atoms with Gasteiger partial charge in [-0.25, -0.2) is 0 Å². The summed E-state index contributed by atoms with van der Waals surface area (Å²) in [6.07, 6.45) is 0. The van der Waals surface area contributed by atoms with Crippen LogP contribution >= 0.6 is 0 Å². The van der Waals surface area contributed by atoms with E-state index in [1.54, 1.807) is 0 Å². The highest BCUT2D eigenvalue weighted by Gasteiger charge is 2.40. The van der Waals surface area contributed by atoms with Gasteiger partial charge in [0, 0.05) is 11.7 Å². The Morgan fingerprint density at radius 2 is 1.48 bits per heavy atom. The second-order valence-electron chi connectivity index (χ2n) is 7.57. The first-order chi connectivity index (χ1) is 12.7. The second-order valence-corrected chi connectivity index (χ2v) is 7.57. The predicted octanol–water partition coefficient (Wildman–Crippen LogP) is 4.52. The van der Waals surface area contributed by atoms with Crippen molar-refractivity contribution >= 4 is 23.1 Å². The van der Waals surface area contributed by atoms with Gasteiger partial charge in [-0.15, -0.1) is 0 Å². The Balaban J connectivity index is 2.17. The Labute approximate surface area is 160 Å². The molecule has 2 aromatic carbocycles. The average Bonchev–Trinajstić information content (AvgIpc) is 2.84. The zero-order valence-electron chi connectivity index (χ0n) is 16.8. The van der Waals surface area contributed by atoms with Gasteiger partial charge in [-0.1, -0.05) is 30.3 Å². The lowest BCUT2D eigenvalue weighted by Gasteiger charge is -2.19. The van der Waals surface area contributed by atoms with Crippen molar-refractivity contribution < 1.29 is 9.59 Å². The number of aryl methyl sites for hydroxylation is 4. The van der Waals surface area contributed by atoms with Crippen molar-refractivity contribution in [1.29, 1.82) is 0 Å². The van der Waals surface area contributed by atoms with E-state index < -0.39 is 0 Å². The molecule has 1 N–H and O–H groups in total. The number of nitrogens with one attached hydrogen (secondary N) is 1. The molecule has 140 valence electrons. The molecule has 1 aliphatic rings. The van der Waals surface area contributed by atoms with Crippen molar-refractivity contribution in [3.8, 4) is 0 Å². The van der Waals surface area contributed by atoms with E-state index in [2.05, 4.69) is 5.32 Å². The standard InChI is InChI=1S/C23H26N2O2/c1-13(2)25-22(26)20(18-10-9-15(4)17(6)12-18)21(23(25)27)24-19-11-14(3)7-8-16(19)5/h7-13,24H,1-6H3. The van der Waals surface area contributed by atoms with Gasteiger partial charge in [-0.05, 0) is 75.4 Å². The highest BCUT2D eigenvalue weighted by molar-refractivity contribution is 6.36. The van der Waals surface area contributed by atoms with Crippen molar-refractivity contribution in [2.24, 2.45) is 0 Å². The van der Waals surface area contributed by atoms with Crippen LogP contribution in [0.25, 0.3) is 5.57 Å². The maximum Gasteiger partial charge on any atom is 0.278 e. The van der Waals surface area contributed by atoms with Gasteiger partial charge in [0.05, 0.1) is 5.57 Å². The molecule has 0 bridgehead atoms. The summed E-state index contributed by atoms with van der Waals surface area (Å²) < 4.78 is 0. The Hall–Kier alpha value is -2.88. The average molecular weight is 362 g/mol. The minimum absolute atomic E-state index is 0.204. The Kier molecular flexibility index (Phi) is 4.92. The van der Waals surface area contributed by atoms with Crippen molar-refractivity contribution in [3.63, 3.8) is 0 Å². The number of benzene rings is 2. The molecule has 0 aliphatic carbocycles. The minimum Gasteiger partial charge on any atom is -0.350 e. The summed E-state index contributed by atoms with van der Waals surface area (Å²) in [5.41, 5.74) is 6.77. The summed E-state index contributed by atoms with van der Waals surface area (Å²) in [4.78, 5) is 27.5. The molecule has 4 nitrogen and oxygen atoms in total. The predicted molar refractivity (Wildman–Crippen MR) is 109 cm³/mol. The molecule has 2 aromatic rings. The van der Waals surface area contributed by atoms with Gasteiger partial charge in [0.2, 0.25) is 0 Å². The highest BCUT2D eigenvalue weighted by atomic mass is 16.2. The lowest BCUT2D eigenvalue weighted by atomic mass is 9.99. The van der Waals surface area contributed by atoms with Crippen LogP contribution in [0.1, 0.15) is 41.7 Å². The number of carbonyl (C=O) groups is 2. The maximum atomic E-state index is 13.1. The molecule has 0 aromatic heterocycles. The molecule has 27 heavy (non-hydrogen) atoms. The van der Waals surface area contributed by atoms with E-state index in [0.29, 0.717) is 11.3 Å². The van der Waals surface area contributed by atoms with Gasteiger partial charge in [0.1, 0.15) is 5.70 Å². The SMILES string of the molecule is Cc1ccc(C)c(NC2=C(c3ccc(C)c(C)c3)C(=O)N(C(C)C)C2=O)c1. The van der Waals surface area contributed by atoms with E-state index in [4.69, 9.17) is 0 Å². The van der Waals surface area contributed by atoms with E-state index in [1.807, 2.05) is 77.9 Å². The number of amides is 2. The normalized spacial score (nSPS) is 14.6. The van der Waals surface area contributed by atoms with Crippen LogP contribution in [-0.4, -0.2) is 22.8 Å². The van der Waals surface area contributed by atoms with E-state index in [1.165, 1.54) is 4.90 Å². The number of imide groups is 1. The number of carbonyl (C=O) groups excluding carboxylic acids is 2. The monoisotopic (exact) mass is 362 g/mol. The molecule has 0 atom stereocenters. The van der Waals surface area contributed by atoms with Gasteiger partial charge in [-0.3, -0.25) is 14.5 Å². The van der Waals surface area contributed by atoms with E-state index in [0.717, 1.165) is 33.5 Å². The molecule has 0 saturated carbocycles. The van der Waals surface area contributed by atoms with Crippen LogP contribution in [0.4, 0.5) is 5.69 Å². The van der Waals surface area contributed by atoms with Crippen LogP contribution in [0.5, 0.6) is 0 Å². The maximum absolute atomic E-state index is 13.1. The molecule has 0 fully saturated rings. The number of hydrogen-bond acceptors (Lipinski definition) is 3. The Morgan fingerprint density at radius 1 is 0.815 bits per heavy atom. The number of rotatable bonds is 4. The third-order valence-corrected chi connectivity index (χ3v) is 5.08. The molecule has 0 unspecified atom stereocenters. The van der Waals surface area contributed by atoms with Crippen LogP contribution in [-0.2, 0) is 9.59 Å². The minimum atomic E-state index is -0.274. The van der Waals surface area contributed by atoms with E-state index >= 15 is 0 Å². The summed E-state index contributed by atoms with van der Waals surface area (Å²) in [5, 5.41) is 3.27. The second kappa shape index (κ2) is 7.03. The van der Waals surface area contributed by atoms with Crippen LogP contribution in [0, 0.1) is 27.7 Å². The smallest absolute Gasteiger partial charge is 0.278 e. The number of hydrogen-bond donors (Lipinski definition) is 1. The molecule has 1 aliphatic heterocycles. The molecule has 0 saturated heterocycles. The summed E-state index contributed by atoms with van der Waals surface area (Å²) in [7, 11) is 0. The molecular weight excluding hydrogens is 336 g/mol. The summed E-state index contributed by atoms with van der Waals surface area (Å²) in [5.74, 6) is -0.518. The van der Waals surface area contributed by atoms with Gasteiger partial charge >= 0.3 is 0 Å². The molecular formula is C23H26N2O2. The van der Waals surface area contributed by atoms with E-state index in [-0.39, 0.29) is 17.9 Å². The van der Waals surface area contributed by atoms with Gasteiger partial charge in [0.25, 0.3) is 11.8 Å². The highest BCUT2D eigenvalue weighted by Crippen LogP contribution is 2.33. The summed E-state index contributed by atoms with van der Waals surface area (Å²) in [6, 6.07) is 11.7. The Bertz CT molecular complexity index is 970. The summed E-state index contributed by atoms with van der Waals surface area (Å²) >= 11 is 0. The fraction of sp³-hybridized carbons (Fsp3) is 0.304. The molecule has 1 heterocycles. The zero-order chi connectivity index (χ0) is 19.9. The molecule has 4 heteroatoms. The van der Waals surface area contributed by atoms with Gasteiger partial charge < -0.3 is 5.32 Å². The first kappa shape index (κ1) is 18.9.